The van der Waals surface area contributed by atoms with Gasteiger partial charge < -0.3 is 17.5 Å². The zero-order valence-electron chi connectivity index (χ0n) is 10.1. The van der Waals surface area contributed by atoms with Crippen molar-refractivity contribution in [2.45, 2.75) is 53.2 Å². The van der Waals surface area contributed by atoms with Gasteiger partial charge in [-0.05, 0) is 19.3 Å². The molecule has 0 saturated carbocycles. The number of hydrogen-bond acceptors (Lipinski definition) is 1. The summed E-state index contributed by atoms with van der Waals surface area (Å²) in [5.74, 6) is 0. The molecule has 0 fully saturated rings. The highest BCUT2D eigenvalue weighted by atomic mass is 35.5. The zero-order valence-corrected chi connectivity index (χ0v) is 10.8. The fraction of sp³-hybridized carbons (Fsp3) is 1.00. The monoisotopic (exact) mass is 223 g/mol. The van der Waals surface area contributed by atoms with Gasteiger partial charge in [-0.3, -0.25) is 4.48 Å². The van der Waals surface area contributed by atoms with Crippen molar-refractivity contribution in [2.75, 3.05) is 19.6 Å². The molecule has 3 heteroatoms. The molecule has 0 aliphatic heterocycles. The van der Waals surface area contributed by atoms with Gasteiger partial charge in [-0.15, -0.1) is 0 Å². The number of halogens is 1. The Bertz CT molecular complexity index is 111. The van der Waals surface area contributed by atoms with E-state index in [4.69, 9.17) is 0 Å². The first-order valence-corrected chi connectivity index (χ1v) is 5.66. The van der Waals surface area contributed by atoms with Gasteiger partial charge in [-0.25, -0.2) is 0 Å². The van der Waals surface area contributed by atoms with Gasteiger partial charge in [0, 0.05) is 6.92 Å². The number of nitrogens with zero attached hydrogens (tertiary/aromatic N) is 1. The summed E-state index contributed by atoms with van der Waals surface area (Å²) >= 11 is 0. The second kappa shape index (κ2) is 8.51. The molecule has 1 atom stereocenters. The van der Waals surface area contributed by atoms with E-state index in [1.807, 2.05) is 6.92 Å². The molecule has 1 N–H and O–H groups in total. The van der Waals surface area contributed by atoms with Crippen molar-refractivity contribution < 1.29 is 22.0 Å². The minimum Gasteiger partial charge on any atom is -1.00 e. The van der Waals surface area contributed by atoms with Gasteiger partial charge in [0.05, 0.1) is 19.6 Å². The largest absolute Gasteiger partial charge is 1.00 e. The lowest BCUT2D eigenvalue weighted by atomic mass is 10.2. The van der Waals surface area contributed by atoms with E-state index < -0.39 is 0 Å². The number of rotatable bonds is 7. The molecule has 14 heavy (non-hydrogen) atoms. The molecule has 0 aromatic heterocycles. The van der Waals surface area contributed by atoms with Crippen molar-refractivity contribution in [3.8, 4) is 0 Å². The lowest BCUT2D eigenvalue weighted by Crippen LogP contribution is -3.00. The first kappa shape index (κ1) is 16.6. The fourth-order valence-corrected chi connectivity index (χ4v) is 2.23. The molecular formula is C11H26ClNO. The molecule has 0 rings (SSSR count). The smallest absolute Gasteiger partial charge is 0.187 e. The highest BCUT2D eigenvalue weighted by Crippen LogP contribution is 2.15. The predicted molar refractivity (Wildman–Crippen MR) is 57.4 cm³/mol. The average molecular weight is 224 g/mol. The maximum absolute atomic E-state index is 9.83. The van der Waals surface area contributed by atoms with Crippen LogP contribution < -0.4 is 12.4 Å². The molecule has 0 aliphatic rings. The van der Waals surface area contributed by atoms with Gasteiger partial charge in [0.25, 0.3) is 0 Å². The Hall–Kier alpha value is 0.210. The van der Waals surface area contributed by atoms with Crippen molar-refractivity contribution >= 4 is 0 Å². The predicted octanol–water partition coefficient (Wildman–Crippen LogP) is -0.624. The summed E-state index contributed by atoms with van der Waals surface area (Å²) in [6.07, 6.45) is 3.26. The van der Waals surface area contributed by atoms with Gasteiger partial charge in [0.15, 0.2) is 6.23 Å². The summed E-state index contributed by atoms with van der Waals surface area (Å²) in [5, 5.41) is 9.83. The van der Waals surface area contributed by atoms with Gasteiger partial charge in [0.2, 0.25) is 0 Å². The molecular weight excluding hydrogens is 198 g/mol. The van der Waals surface area contributed by atoms with Crippen LogP contribution in [0.3, 0.4) is 0 Å². The van der Waals surface area contributed by atoms with Crippen LogP contribution in [0, 0.1) is 0 Å². The van der Waals surface area contributed by atoms with Gasteiger partial charge in [-0.2, -0.15) is 0 Å². The quantitative estimate of drug-likeness (QED) is 0.451. The molecule has 0 aromatic rings. The lowest BCUT2D eigenvalue weighted by Gasteiger charge is -2.40. The normalized spacial score (nSPS) is 13.5. The second-order valence-corrected chi connectivity index (χ2v) is 4.02. The summed E-state index contributed by atoms with van der Waals surface area (Å²) in [5.41, 5.74) is 0. The summed E-state index contributed by atoms with van der Waals surface area (Å²) in [6, 6.07) is 0. The van der Waals surface area contributed by atoms with Crippen LogP contribution in [-0.2, 0) is 0 Å². The Kier molecular flexibility index (Phi) is 10.1. The Morgan fingerprint density at radius 3 is 1.36 bits per heavy atom. The van der Waals surface area contributed by atoms with E-state index in [0.717, 1.165) is 43.4 Å². The summed E-state index contributed by atoms with van der Waals surface area (Å²) in [7, 11) is 0. The lowest BCUT2D eigenvalue weighted by molar-refractivity contribution is -0.969. The Morgan fingerprint density at radius 1 is 0.929 bits per heavy atom. The summed E-state index contributed by atoms with van der Waals surface area (Å²) in [6.45, 7) is 11.8. The molecule has 0 spiro atoms. The standard InChI is InChI=1S/C11H26NO.ClH/c1-5-8-12(9-6-2,10-7-3)11(4)13;/h11,13H,5-10H2,1-4H3;1H/q+1;/p-1. The average Bonchev–Trinajstić information content (AvgIpc) is 2.05. The van der Waals surface area contributed by atoms with Crippen LogP contribution in [-0.4, -0.2) is 35.5 Å². The van der Waals surface area contributed by atoms with Crippen LogP contribution in [0.25, 0.3) is 0 Å². The molecule has 0 aliphatic carbocycles. The molecule has 1 unspecified atom stereocenters. The highest BCUT2D eigenvalue weighted by molar-refractivity contribution is 4.44. The third-order valence-electron chi connectivity index (χ3n) is 2.80. The summed E-state index contributed by atoms with van der Waals surface area (Å²) < 4.78 is 0.892. The number of quaternary nitrogens is 1. The molecule has 2 nitrogen and oxygen atoms in total. The van der Waals surface area contributed by atoms with E-state index in [1.165, 1.54) is 0 Å². The molecule has 88 valence electrons. The molecule has 0 bridgehead atoms. The highest BCUT2D eigenvalue weighted by Gasteiger charge is 2.29. The van der Waals surface area contributed by atoms with Crippen LogP contribution in [0.5, 0.6) is 0 Å². The van der Waals surface area contributed by atoms with Gasteiger partial charge in [0.1, 0.15) is 0 Å². The van der Waals surface area contributed by atoms with E-state index in [1.54, 1.807) is 0 Å². The van der Waals surface area contributed by atoms with Crippen LogP contribution in [0.1, 0.15) is 47.0 Å². The number of aliphatic hydroxyl groups excluding tert-OH is 1. The number of aliphatic hydroxyl groups is 1. The van der Waals surface area contributed by atoms with Crippen molar-refractivity contribution in [3.05, 3.63) is 0 Å². The Labute approximate surface area is 95.3 Å². The van der Waals surface area contributed by atoms with Crippen LogP contribution in [0.2, 0.25) is 0 Å². The Morgan fingerprint density at radius 2 is 1.21 bits per heavy atom. The minimum absolute atomic E-state index is 0. The van der Waals surface area contributed by atoms with E-state index in [9.17, 15) is 5.11 Å². The van der Waals surface area contributed by atoms with Crippen molar-refractivity contribution in [1.82, 2.24) is 0 Å². The molecule has 0 heterocycles. The van der Waals surface area contributed by atoms with E-state index in [-0.39, 0.29) is 18.6 Å². The molecule has 0 amide bonds. The van der Waals surface area contributed by atoms with Crippen LogP contribution >= 0.6 is 0 Å². The van der Waals surface area contributed by atoms with Crippen molar-refractivity contribution in [3.63, 3.8) is 0 Å². The zero-order chi connectivity index (χ0) is 10.3. The minimum atomic E-state index is -0.208. The maximum atomic E-state index is 9.83. The van der Waals surface area contributed by atoms with Crippen LogP contribution in [0.4, 0.5) is 0 Å². The molecule has 0 aromatic carbocycles. The number of hydrogen-bond donors (Lipinski definition) is 1. The first-order chi connectivity index (χ1) is 6.13. The molecule has 0 radical (unpaired) electrons. The van der Waals surface area contributed by atoms with Crippen molar-refractivity contribution in [1.29, 1.82) is 0 Å². The van der Waals surface area contributed by atoms with Gasteiger partial charge >= 0.3 is 0 Å². The molecule has 0 saturated heterocycles. The van der Waals surface area contributed by atoms with Crippen LogP contribution in [0.15, 0.2) is 0 Å². The fourth-order valence-electron chi connectivity index (χ4n) is 2.23. The first-order valence-electron chi connectivity index (χ1n) is 5.66. The maximum Gasteiger partial charge on any atom is 0.187 e. The van der Waals surface area contributed by atoms with E-state index in [0.29, 0.717) is 0 Å². The third-order valence-corrected chi connectivity index (χ3v) is 2.80. The van der Waals surface area contributed by atoms with Gasteiger partial charge in [-0.1, -0.05) is 20.8 Å². The van der Waals surface area contributed by atoms with Crippen molar-refractivity contribution in [2.24, 2.45) is 0 Å². The topological polar surface area (TPSA) is 20.2 Å². The Balaban J connectivity index is 0. The third kappa shape index (κ3) is 4.63. The summed E-state index contributed by atoms with van der Waals surface area (Å²) in [4.78, 5) is 0. The van der Waals surface area contributed by atoms with E-state index in [2.05, 4.69) is 20.8 Å². The SMILES string of the molecule is CCC[N+](CCC)(CCC)C(C)O.[Cl-]. The van der Waals surface area contributed by atoms with E-state index >= 15 is 0 Å². The second-order valence-electron chi connectivity index (χ2n) is 4.02.